The highest BCUT2D eigenvalue weighted by atomic mass is 32.2. The average Bonchev–Trinajstić information content (AvgIpc) is 2.75. The number of aromatic amines is 1. The summed E-state index contributed by atoms with van der Waals surface area (Å²) < 4.78 is 27.6. The van der Waals surface area contributed by atoms with Crippen molar-refractivity contribution in [2.75, 3.05) is 13.1 Å². The molecule has 120 valence electrons. The van der Waals surface area contributed by atoms with Crippen LogP contribution in [-0.2, 0) is 16.6 Å². The fraction of sp³-hybridized carbons (Fsp3) is 0.786. The van der Waals surface area contributed by atoms with Gasteiger partial charge in [-0.25, -0.2) is 13.1 Å². The van der Waals surface area contributed by atoms with E-state index in [1.807, 2.05) is 0 Å². The summed E-state index contributed by atoms with van der Waals surface area (Å²) in [6.45, 7) is 5.65. The SMILES string of the molecule is CCCNCc1n[nH]c(C)c1S(=O)(=O)NCCC1CCC1. The quantitative estimate of drug-likeness (QED) is 0.605. The molecule has 0 bridgehead atoms. The molecule has 0 aromatic carbocycles. The van der Waals surface area contributed by atoms with Crippen molar-refractivity contribution in [1.82, 2.24) is 20.2 Å². The fourth-order valence-corrected chi connectivity index (χ4v) is 3.99. The van der Waals surface area contributed by atoms with Crippen LogP contribution in [0.5, 0.6) is 0 Å². The van der Waals surface area contributed by atoms with Gasteiger partial charge in [-0.3, -0.25) is 5.10 Å². The van der Waals surface area contributed by atoms with E-state index in [2.05, 4.69) is 27.2 Å². The first-order valence-corrected chi connectivity index (χ1v) is 9.27. The minimum absolute atomic E-state index is 0.305. The lowest BCUT2D eigenvalue weighted by Crippen LogP contribution is -2.29. The largest absolute Gasteiger partial charge is 0.311 e. The molecule has 1 fully saturated rings. The van der Waals surface area contributed by atoms with Crippen molar-refractivity contribution in [2.24, 2.45) is 5.92 Å². The number of rotatable bonds is 9. The zero-order valence-corrected chi connectivity index (χ0v) is 13.7. The zero-order valence-electron chi connectivity index (χ0n) is 12.9. The second-order valence-corrected chi connectivity index (χ2v) is 7.49. The molecular weight excluding hydrogens is 288 g/mol. The van der Waals surface area contributed by atoms with Gasteiger partial charge in [0.2, 0.25) is 10.0 Å². The third-order valence-corrected chi connectivity index (χ3v) is 5.68. The fourth-order valence-electron chi connectivity index (χ4n) is 2.58. The second kappa shape index (κ2) is 7.38. The lowest BCUT2D eigenvalue weighted by molar-refractivity contribution is 0.297. The van der Waals surface area contributed by atoms with Crippen LogP contribution in [0, 0.1) is 12.8 Å². The normalized spacial score (nSPS) is 16.1. The Hall–Kier alpha value is -0.920. The van der Waals surface area contributed by atoms with Gasteiger partial charge in [-0.05, 0) is 32.2 Å². The molecule has 3 N–H and O–H groups in total. The third kappa shape index (κ3) is 4.28. The Morgan fingerprint density at radius 1 is 1.33 bits per heavy atom. The van der Waals surface area contributed by atoms with Gasteiger partial charge in [-0.2, -0.15) is 5.10 Å². The minimum Gasteiger partial charge on any atom is -0.311 e. The monoisotopic (exact) mass is 314 g/mol. The minimum atomic E-state index is -3.48. The highest BCUT2D eigenvalue weighted by molar-refractivity contribution is 7.89. The van der Waals surface area contributed by atoms with Crippen LogP contribution in [0.15, 0.2) is 4.90 Å². The second-order valence-electron chi connectivity index (χ2n) is 5.78. The van der Waals surface area contributed by atoms with Gasteiger partial charge in [0.15, 0.2) is 0 Å². The first-order valence-electron chi connectivity index (χ1n) is 7.78. The molecular formula is C14H26N4O2S. The van der Waals surface area contributed by atoms with Gasteiger partial charge < -0.3 is 5.32 Å². The Morgan fingerprint density at radius 3 is 2.71 bits per heavy atom. The zero-order chi connectivity index (χ0) is 15.3. The van der Waals surface area contributed by atoms with Gasteiger partial charge >= 0.3 is 0 Å². The van der Waals surface area contributed by atoms with Crippen LogP contribution in [0.2, 0.25) is 0 Å². The molecule has 0 saturated heterocycles. The Balaban J connectivity index is 1.98. The van der Waals surface area contributed by atoms with E-state index in [1.165, 1.54) is 19.3 Å². The summed E-state index contributed by atoms with van der Waals surface area (Å²) in [5, 5.41) is 10.1. The van der Waals surface area contributed by atoms with Crippen molar-refractivity contribution < 1.29 is 8.42 Å². The highest BCUT2D eigenvalue weighted by Gasteiger charge is 2.24. The van der Waals surface area contributed by atoms with Crippen molar-refractivity contribution in [2.45, 2.75) is 57.4 Å². The van der Waals surface area contributed by atoms with Crippen molar-refractivity contribution in [1.29, 1.82) is 0 Å². The number of hydrogen-bond donors (Lipinski definition) is 3. The third-order valence-electron chi connectivity index (χ3n) is 4.02. The Kier molecular flexibility index (Phi) is 5.78. The summed E-state index contributed by atoms with van der Waals surface area (Å²) in [5.41, 5.74) is 1.16. The molecule has 0 spiro atoms. The maximum atomic E-state index is 12.5. The number of aromatic nitrogens is 2. The molecule has 0 unspecified atom stereocenters. The summed E-state index contributed by atoms with van der Waals surface area (Å²) in [7, 11) is -3.48. The van der Waals surface area contributed by atoms with Crippen molar-refractivity contribution in [3.05, 3.63) is 11.4 Å². The van der Waals surface area contributed by atoms with Crippen LogP contribution in [0.3, 0.4) is 0 Å². The molecule has 0 atom stereocenters. The molecule has 1 aliphatic rings. The number of nitrogens with one attached hydrogen (secondary N) is 3. The van der Waals surface area contributed by atoms with E-state index in [0.29, 0.717) is 35.3 Å². The van der Waals surface area contributed by atoms with Crippen LogP contribution < -0.4 is 10.0 Å². The molecule has 0 aliphatic heterocycles. The Morgan fingerprint density at radius 2 is 2.10 bits per heavy atom. The van der Waals surface area contributed by atoms with E-state index in [-0.39, 0.29) is 0 Å². The van der Waals surface area contributed by atoms with E-state index in [4.69, 9.17) is 0 Å². The van der Waals surface area contributed by atoms with E-state index in [1.54, 1.807) is 6.92 Å². The lowest BCUT2D eigenvalue weighted by atomic mass is 9.83. The first kappa shape index (κ1) is 16.5. The van der Waals surface area contributed by atoms with Gasteiger partial charge in [0.05, 0.1) is 11.4 Å². The average molecular weight is 314 g/mol. The lowest BCUT2D eigenvalue weighted by Gasteiger charge is -2.25. The summed E-state index contributed by atoms with van der Waals surface area (Å²) in [5.74, 6) is 0.698. The van der Waals surface area contributed by atoms with Crippen molar-refractivity contribution in [3.63, 3.8) is 0 Å². The Labute approximate surface area is 127 Å². The number of sulfonamides is 1. The molecule has 1 aliphatic carbocycles. The van der Waals surface area contributed by atoms with E-state index >= 15 is 0 Å². The molecule has 7 heteroatoms. The summed E-state index contributed by atoms with van der Waals surface area (Å²) in [6, 6.07) is 0. The van der Waals surface area contributed by atoms with Gasteiger partial charge in [0, 0.05) is 13.1 Å². The van der Waals surface area contributed by atoms with E-state index < -0.39 is 10.0 Å². The topological polar surface area (TPSA) is 86.9 Å². The molecule has 0 amide bonds. The molecule has 1 heterocycles. The molecule has 2 rings (SSSR count). The van der Waals surface area contributed by atoms with Crippen LogP contribution in [0.4, 0.5) is 0 Å². The molecule has 1 saturated carbocycles. The van der Waals surface area contributed by atoms with Gasteiger partial charge in [0.1, 0.15) is 4.90 Å². The van der Waals surface area contributed by atoms with Crippen LogP contribution in [0.1, 0.15) is 50.4 Å². The number of hydrogen-bond acceptors (Lipinski definition) is 4. The highest BCUT2D eigenvalue weighted by Crippen LogP contribution is 2.29. The standard InChI is InChI=1S/C14H26N4O2S/c1-3-8-15-10-13-14(11(2)17-18-13)21(19,20)16-9-7-12-5-4-6-12/h12,15-16H,3-10H2,1-2H3,(H,17,18). The summed E-state index contributed by atoms with van der Waals surface area (Å²) in [4.78, 5) is 0.305. The first-order chi connectivity index (χ1) is 10.0. The van der Waals surface area contributed by atoms with Crippen molar-refractivity contribution >= 4 is 10.0 Å². The predicted molar refractivity (Wildman–Crippen MR) is 82.5 cm³/mol. The number of aryl methyl sites for hydroxylation is 1. The maximum absolute atomic E-state index is 12.5. The van der Waals surface area contributed by atoms with E-state index in [0.717, 1.165) is 19.4 Å². The summed E-state index contributed by atoms with van der Waals surface area (Å²) in [6.07, 6.45) is 5.69. The van der Waals surface area contributed by atoms with Crippen molar-refractivity contribution in [3.8, 4) is 0 Å². The molecule has 1 aromatic heterocycles. The van der Waals surface area contributed by atoms with Gasteiger partial charge in [0.25, 0.3) is 0 Å². The molecule has 0 radical (unpaired) electrons. The van der Waals surface area contributed by atoms with Crippen LogP contribution in [0.25, 0.3) is 0 Å². The number of nitrogens with zero attached hydrogens (tertiary/aromatic N) is 1. The van der Waals surface area contributed by atoms with Crippen LogP contribution >= 0.6 is 0 Å². The maximum Gasteiger partial charge on any atom is 0.244 e. The number of H-pyrrole nitrogens is 1. The molecule has 1 aromatic rings. The predicted octanol–water partition coefficient (Wildman–Crippen LogP) is 1.69. The molecule has 6 nitrogen and oxygen atoms in total. The Bertz CT molecular complexity index is 549. The van der Waals surface area contributed by atoms with Gasteiger partial charge in [-0.15, -0.1) is 0 Å². The van der Waals surface area contributed by atoms with Gasteiger partial charge in [-0.1, -0.05) is 26.2 Å². The molecule has 21 heavy (non-hydrogen) atoms. The smallest absolute Gasteiger partial charge is 0.244 e. The summed E-state index contributed by atoms with van der Waals surface area (Å²) >= 11 is 0. The van der Waals surface area contributed by atoms with Crippen LogP contribution in [-0.4, -0.2) is 31.7 Å². The van der Waals surface area contributed by atoms with E-state index in [9.17, 15) is 8.42 Å².